The van der Waals surface area contributed by atoms with E-state index in [4.69, 9.17) is 0 Å². The Hall–Kier alpha value is -5.24. The molecule has 0 aliphatic heterocycles. The number of aliphatic carboxylic acids is 2. The first-order chi connectivity index (χ1) is 28.0. The van der Waals surface area contributed by atoms with Crippen molar-refractivity contribution < 1.29 is 58.5 Å². The van der Waals surface area contributed by atoms with Gasteiger partial charge in [0.15, 0.2) is 0 Å². The molecule has 7 amide bonds. The second-order valence-corrected chi connectivity index (χ2v) is 16.4. The zero-order valence-corrected chi connectivity index (χ0v) is 36.4. The summed E-state index contributed by atoms with van der Waals surface area (Å²) < 4.78 is 0. The van der Waals surface area contributed by atoms with E-state index in [-0.39, 0.29) is 37.5 Å². The van der Waals surface area contributed by atoms with Gasteiger partial charge in [-0.25, -0.2) is 4.79 Å². The van der Waals surface area contributed by atoms with Crippen molar-refractivity contribution in [2.75, 3.05) is 12.0 Å². The van der Waals surface area contributed by atoms with Crippen molar-refractivity contribution in [1.29, 1.82) is 0 Å². The van der Waals surface area contributed by atoms with E-state index in [1.54, 1.807) is 44.2 Å². The Morgan fingerprint density at radius 2 is 1.18 bits per heavy atom. The van der Waals surface area contributed by atoms with Crippen molar-refractivity contribution in [3.8, 4) is 0 Å². The number of thioether (sulfide) groups is 1. The molecule has 60 heavy (non-hydrogen) atoms. The minimum Gasteiger partial charge on any atom is -0.481 e. The first-order valence-corrected chi connectivity index (χ1v) is 21.2. The number of benzene rings is 1. The summed E-state index contributed by atoms with van der Waals surface area (Å²) >= 11 is 1.45. The van der Waals surface area contributed by atoms with E-state index in [1.807, 2.05) is 20.1 Å². The van der Waals surface area contributed by atoms with Crippen molar-refractivity contribution >= 4 is 65.1 Å². The molecular weight excluding hydrogens is 803 g/mol. The van der Waals surface area contributed by atoms with E-state index in [1.165, 1.54) is 32.5 Å². The van der Waals surface area contributed by atoms with E-state index in [0.29, 0.717) is 11.3 Å². The number of aliphatic hydroxyl groups excluding tert-OH is 1. The molecule has 19 nitrogen and oxygen atoms in total. The first kappa shape index (κ1) is 52.8. The lowest BCUT2D eigenvalue weighted by atomic mass is 9.96. The van der Waals surface area contributed by atoms with Crippen LogP contribution in [0, 0.1) is 11.8 Å². The summed E-state index contributed by atoms with van der Waals surface area (Å²) in [4.78, 5) is 114. The average Bonchev–Trinajstić information content (AvgIpc) is 3.15. The topological polar surface area (TPSA) is 299 Å². The highest BCUT2D eigenvalue weighted by Gasteiger charge is 2.33. The highest BCUT2D eigenvalue weighted by atomic mass is 32.2. The number of nitrogens with one attached hydrogen (secondary N) is 7. The van der Waals surface area contributed by atoms with Crippen LogP contribution in [0.3, 0.4) is 0 Å². The highest BCUT2D eigenvalue weighted by molar-refractivity contribution is 7.98. The number of aliphatic hydroxyl groups is 1. The van der Waals surface area contributed by atoms with E-state index in [2.05, 4.69) is 37.2 Å². The average molecular weight is 866 g/mol. The molecular formula is C40H63N7O12S. The monoisotopic (exact) mass is 865 g/mol. The maximum Gasteiger partial charge on any atom is 0.326 e. The van der Waals surface area contributed by atoms with E-state index in [0.717, 1.165) is 0 Å². The zero-order chi connectivity index (χ0) is 45.7. The lowest BCUT2D eigenvalue weighted by Crippen LogP contribution is -2.58. The molecule has 1 aromatic rings. The fourth-order valence-electron chi connectivity index (χ4n) is 5.88. The Labute approximate surface area is 355 Å². The molecule has 20 heteroatoms. The number of carboxylic acids is 2. The van der Waals surface area contributed by atoms with Gasteiger partial charge in [-0.3, -0.25) is 38.4 Å². The summed E-state index contributed by atoms with van der Waals surface area (Å²) in [5.74, 6) is -7.41. The standard InChI is InChI=1S/C40H63N7O12S/c1-21(2)18-29(46-38(56)28(16-17-60-8)45-39(57)34(22(3)4)43-25(7)48)31(49)20-32(50)41-23(5)35(53)42-24(6)36(54)44-27(14-15-33(51)52)37(55)47-30(40(58)59)19-26-12-10-9-11-13-26/h9-13,21-24,27-31,34,49H,14-20H2,1-8H3,(H,41,50)(H,42,53)(H,43,48)(H,44,54)(H,45,57)(H,46,56)(H,47,55)(H,51,52)(H,58,59)/t23-,24-,27-,28-,29?,30-,31?,34-/m0/s1. The minimum atomic E-state index is -1.47. The summed E-state index contributed by atoms with van der Waals surface area (Å²) in [7, 11) is 0. The van der Waals surface area contributed by atoms with Crippen LogP contribution in [0.15, 0.2) is 30.3 Å². The highest BCUT2D eigenvalue weighted by Crippen LogP contribution is 2.14. The Kier molecular flexibility index (Phi) is 23.6. The fourth-order valence-corrected chi connectivity index (χ4v) is 6.35. The van der Waals surface area contributed by atoms with E-state index >= 15 is 0 Å². The van der Waals surface area contributed by atoms with E-state index in [9.17, 15) is 58.5 Å². The predicted octanol–water partition coefficient (Wildman–Crippen LogP) is -0.162. The summed E-state index contributed by atoms with van der Waals surface area (Å²) in [6.45, 7) is 11.1. The smallest absolute Gasteiger partial charge is 0.326 e. The van der Waals surface area contributed by atoms with E-state index < -0.39 is 115 Å². The number of hydrogen-bond donors (Lipinski definition) is 10. The SMILES string of the molecule is CSCC[C@H](NC(=O)[C@@H](NC(C)=O)C(C)C)C(=O)NC(CC(C)C)C(O)CC(=O)N[C@@H](C)C(=O)N[C@@H](C)C(=O)N[C@@H](CCC(=O)O)C(=O)N[C@@H](Cc1ccccc1)C(=O)O. The van der Waals surface area contributed by atoms with Gasteiger partial charge < -0.3 is 52.5 Å². The summed E-state index contributed by atoms with van der Waals surface area (Å²) in [6.07, 6.45) is -0.633. The molecule has 0 radical (unpaired) electrons. The van der Waals surface area contributed by atoms with Gasteiger partial charge >= 0.3 is 11.9 Å². The van der Waals surface area contributed by atoms with Gasteiger partial charge in [0.25, 0.3) is 0 Å². The molecule has 1 rings (SSSR count). The molecule has 0 aliphatic carbocycles. The third-order valence-electron chi connectivity index (χ3n) is 9.16. The molecule has 0 spiro atoms. The molecule has 0 bridgehead atoms. The van der Waals surface area contributed by atoms with Gasteiger partial charge in [-0.1, -0.05) is 58.0 Å². The van der Waals surface area contributed by atoms with Gasteiger partial charge in [-0.2, -0.15) is 11.8 Å². The van der Waals surface area contributed by atoms with Gasteiger partial charge in [0.2, 0.25) is 41.4 Å². The van der Waals surface area contributed by atoms with Crippen LogP contribution in [-0.2, 0) is 49.6 Å². The quantitative estimate of drug-likeness (QED) is 0.0551. The number of hydrogen-bond acceptors (Lipinski definition) is 11. The van der Waals surface area contributed by atoms with Gasteiger partial charge in [-0.15, -0.1) is 0 Å². The van der Waals surface area contributed by atoms with Crippen LogP contribution in [0.2, 0.25) is 0 Å². The molecule has 2 unspecified atom stereocenters. The van der Waals surface area contributed by atoms with Crippen molar-refractivity contribution in [1.82, 2.24) is 37.2 Å². The Morgan fingerprint density at radius 3 is 1.72 bits per heavy atom. The lowest BCUT2D eigenvalue weighted by molar-refractivity contribution is -0.143. The second kappa shape index (κ2) is 26.8. The number of amides is 7. The van der Waals surface area contributed by atoms with Gasteiger partial charge in [0.1, 0.15) is 36.3 Å². The van der Waals surface area contributed by atoms with Crippen LogP contribution in [0.5, 0.6) is 0 Å². The van der Waals surface area contributed by atoms with Gasteiger partial charge in [-0.05, 0) is 62.5 Å². The van der Waals surface area contributed by atoms with Crippen molar-refractivity contribution in [3.05, 3.63) is 35.9 Å². The molecule has 0 fully saturated rings. The Balaban J connectivity index is 2.95. The molecule has 0 heterocycles. The first-order valence-electron chi connectivity index (χ1n) is 19.8. The van der Waals surface area contributed by atoms with Crippen LogP contribution >= 0.6 is 11.8 Å². The molecule has 10 N–H and O–H groups in total. The molecule has 0 aromatic heterocycles. The van der Waals surface area contributed by atoms with Crippen LogP contribution in [0.1, 0.15) is 86.1 Å². The maximum atomic E-state index is 13.5. The molecule has 0 aliphatic rings. The summed E-state index contributed by atoms with van der Waals surface area (Å²) in [6, 6.07) is 0.220. The fraction of sp³-hybridized carbons (Fsp3) is 0.625. The van der Waals surface area contributed by atoms with Crippen molar-refractivity contribution in [2.45, 2.75) is 135 Å². The Bertz CT molecular complexity index is 1630. The molecule has 8 atom stereocenters. The third-order valence-corrected chi connectivity index (χ3v) is 9.81. The molecule has 0 saturated heterocycles. The Morgan fingerprint density at radius 1 is 0.650 bits per heavy atom. The van der Waals surface area contributed by atoms with Crippen LogP contribution in [-0.4, -0.2) is 129 Å². The molecule has 0 saturated carbocycles. The van der Waals surface area contributed by atoms with Crippen LogP contribution < -0.4 is 37.2 Å². The normalized spacial score (nSPS) is 15.1. The van der Waals surface area contributed by atoms with Crippen molar-refractivity contribution in [3.63, 3.8) is 0 Å². The summed E-state index contributed by atoms with van der Waals surface area (Å²) in [5.41, 5.74) is 0.611. The number of carbonyl (C=O) groups excluding carboxylic acids is 7. The van der Waals surface area contributed by atoms with Gasteiger partial charge in [0.05, 0.1) is 18.6 Å². The number of carboxylic acid groups (broad SMARTS) is 2. The van der Waals surface area contributed by atoms with Crippen LogP contribution in [0.4, 0.5) is 0 Å². The number of rotatable bonds is 27. The predicted molar refractivity (Wildman–Crippen MR) is 223 cm³/mol. The zero-order valence-electron chi connectivity index (χ0n) is 35.5. The molecule has 336 valence electrons. The summed E-state index contributed by atoms with van der Waals surface area (Å²) in [5, 5.41) is 47.7. The number of carbonyl (C=O) groups is 9. The van der Waals surface area contributed by atoms with Crippen molar-refractivity contribution in [2.24, 2.45) is 11.8 Å². The third kappa shape index (κ3) is 20.1. The largest absolute Gasteiger partial charge is 0.481 e. The molecule has 1 aromatic carbocycles. The minimum absolute atomic E-state index is 0.0441. The van der Waals surface area contributed by atoms with Gasteiger partial charge in [0, 0.05) is 19.8 Å². The second-order valence-electron chi connectivity index (χ2n) is 15.4. The lowest BCUT2D eigenvalue weighted by Gasteiger charge is -2.29. The maximum absolute atomic E-state index is 13.5. The van der Waals surface area contributed by atoms with Crippen LogP contribution in [0.25, 0.3) is 0 Å².